The summed E-state index contributed by atoms with van der Waals surface area (Å²) in [5.74, 6) is 0.967. The smallest absolute Gasteiger partial charge is 0.223 e. The van der Waals surface area contributed by atoms with Crippen molar-refractivity contribution in [3.63, 3.8) is 0 Å². The second-order valence-corrected chi connectivity index (χ2v) is 5.45. The van der Waals surface area contributed by atoms with Crippen molar-refractivity contribution in [3.8, 4) is 0 Å². The van der Waals surface area contributed by atoms with Crippen LogP contribution in [-0.2, 0) is 9.53 Å². The molecule has 0 saturated heterocycles. The lowest BCUT2D eigenvalue weighted by Crippen LogP contribution is -2.42. The summed E-state index contributed by atoms with van der Waals surface area (Å²) in [6.45, 7) is 2.77. The number of carbonyl (C=O) groups excluding carboxylic acids is 1. The highest BCUT2D eigenvalue weighted by molar-refractivity contribution is 9.09. The molecule has 1 aliphatic rings. The van der Waals surface area contributed by atoms with Crippen LogP contribution in [0.4, 0.5) is 0 Å². The molecule has 0 heterocycles. The summed E-state index contributed by atoms with van der Waals surface area (Å²) in [6, 6.07) is 0.143. The van der Waals surface area contributed by atoms with E-state index in [1.54, 1.807) is 7.11 Å². The van der Waals surface area contributed by atoms with Crippen LogP contribution in [0, 0.1) is 11.8 Å². The van der Waals surface area contributed by atoms with Crippen molar-refractivity contribution in [2.75, 3.05) is 19.0 Å². The van der Waals surface area contributed by atoms with Crippen molar-refractivity contribution in [2.24, 2.45) is 11.8 Å². The van der Waals surface area contributed by atoms with E-state index in [9.17, 15) is 4.79 Å². The van der Waals surface area contributed by atoms with Crippen LogP contribution >= 0.6 is 15.9 Å². The van der Waals surface area contributed by atoms with E-state index in [-0.39, 0.29) is 17.9 Å². The molecule has 0 bridgehead atoms. The van der Waals surface area contributed by atoms with Crippen LogP contribution in [-0.4, -0.2) is 31.0 Å². The minimum absolute atomic E-state index is 0.143. The molecular formula is C12H22BrNO2. The van der Waals surface area contributed by atoms with E-state index in [1.165, 1.54) is 12.8 Å². The Balaban J connectivity index is 2.40. The monoisotopic (exact) mass is 291 g/mol. The topological polar surface area (TPSA) is 38.3 Å². The fraction of sp³-hybridized carbons (Fsp3) is 0.917. The summed E-state index contributed by atoms with van der Waals surface area (Å²) in [5, 5.41) is 3.99. The van der Waals surface area contributed by atoms with E-state index >= 15 is 0 Å². The van der Waals surface area contributed by atoms with Crippen molar-refractivity contribution in [3.05, 3.63) is 0 Å². The molecular weight excluding hydrogens is 270 g/mol. The SMILES string of the molecule is COCC(CCBr)NC(=O)C1CCCC1C. The van der Waals surface area contributed by atoms with Crippen LogP contribution < -0.4 is 5.32 Å². The number of rotatable bonds is 6. The van der Waals surface area contributed by atoms with Crippen molar-refractivity contribution in [1.29, 1.82) is 0 Å². The molecule has 1 aliphatic carbocycles. The van der Waals surface area contributed by atoms with Gasteiger partial charge in [0.15, 0.2) is 0 Å². The Morgan fingerprint density at radius 2 is 2.31 bits per heavy atom. The van der Waals surface area contributed by atoms with E-state index < -0.39 is 0 Å². The predicted molar refractivity (Wildman–Crippen MR) is 68.7 cm³/mol. The molecule has 0 aromatic carbocycles. The minimum Gasteiger partial charge on any atom is -0.383 e. The lowest BCUT2D eigenvalue weighted by molar-refractivity contribution is -0.127. The highest BCUT2D eigenvalue weighted by Gasteiger charge is 2.30. The number of hydrogen-bond acceptors (Lipinski definition) is 2. The van der Waals surface area contributed by atoms with E-state index in [2.05, 4.69) is 28.2 Å². The van der Waals surface area contributed by atoms with Crippen LogP contribution in [0.15, 0.2) is 0 Å². The third-order valence-corrected chi connectivity index (χ3v) is 3.83. The highest BCUT2D eigenvalue weighted by Crippen LogP contribution is 2.31. The summed E-state index contributed by atoms with van der Waals surface area (Å²) in [6.07, 6.45) is 4.33. The summed E-state index contributed by atoms with van der Waals surface area (Å²) in [7, 11) is 1.67. The molecule has 0 spiro atoms. The number of ether oxygens (including phenoxy) is 1. The summed E-state index contributed by atoms with van der Waals surface area (Å²) in [4.78, 5) is 12.0. The van der Waals surface area contributed by atoms with Gasteiger partial charge in [-0.05, 0) is 25.2 Å². The van der Waals surface area contributed by atoms with Gasteiger partial charge in [-0.2, -0.15) is 0 Å². The average Bonchev–Trinajstić information content (AvgIpc) is 2.65. The van der Waals surface area contributed by atoms with Gasteiger partial charge in [-0.1, -0.05) is 29.3 Å². The molecule has 4 heteroatoms. The third-order valence-electron chi connectivity index (χ3n) is 3.37. The van der Waals surface area contributed by atoms with Crippen LogP contribution in [0.1, 0.15) is 32.6 Å². The number of methoxy groups -OCH3 is 1. The standard InChI is InChI=1S/C12H22BrNO2/c1-9-4-3-5-11(9)12(15)14-10(6-7-13)8-16-2/h9-11H,3-8H2,1-2H3,(H,14,15). The number of nitrogens with one attached hydrogen (secondary N) is 1. The van der Waals surface area contributed by atoms with Crippen molar-refractivity contribution < 1.29 is 9.53 Å². The maximum absolute atomic E-state index is 12.0. The molecule has 3 unspecified atom stereocenters. The molecule has 3 nitrogen and oxygen atoms in total. The van der Waals surface area contributed by atoms with Crippen LogP contribution in [0.2, 0.25) is 0 Å². The number of halogens is 1. The quantitative estimate of drug-likeness (QED) is 0.763. The van der Waals surface area contributed by atoms with Gasteiger partial charge >= 0.3 is 0 Å². The fourth-order valence-corrected chi connectivity index (χ4v) is 2.93. The Labute approximate surface area is 106 Å². The number of alkyl halides is 1. The normalized spacial score (nSPS) is 26.7. The van der Waals surface area contributed by atoms with Crippen molar-refractivity contribution in [2.45, 2.75) is 38.6 Å². The Morgan fingerprint density at radius 3 is 2.81 bits per heavy atom. The second-order valence-electron chi connectivity index (χ2n) is 4.65. The average molecular weight is 292 g/mol. The first-order chi connectivity index (χ1) is 7.69. The van der Waals surface area contributed by atoms with Gasteiger partial charge in [0.2, 0.25) is 5.91 Å². The van der Waals surface area contributed by atoms with E-state index in [1.807, 2.05) is 0 Å². The van der Waals surface area contributed by atoms with Gasteiger partial charge in [-0.15, -0.1) is 0 Å². The molecule has 16 heavy (non-hydrogen) atoms. The second kappa shape index (κ2) is 7.28. The maximum Gasteiger partial charge on any atom is 0.223 e. The minimum atomic E-state index is 0.143. The first-order valence-corrected chi connectivity index (χ1v) is 7.16. The van der Waals surface area contributed by atoms with Crippen LogP contribution in [0.25, 0.3) is 0 Å². The van der Waals surface area contributed by atoms with Gasteiger partial charge in [-0.3, -0.25) is 4.79 Å². The molecule has 1 fully saturated rings. The van der Waals surface area contributed by atoms with E-state index in [0.29, 0.717) is 12.5 Å². The Morgan fingerprint density at radius 1 is 1.56 bits per heavy atom. The molecule has 1 rings (SSSR count). The van der Waals surface area contributed by atoms with Gasteiger partial charge in [0.05, 0.1) is 12.6 Å². The zero-order chi connectivity index (χ0) is 12.0. The summed E-state index contributed by atoms with van der Waals surface area (Å²) in [5.41, 5.74) is 0. The van der Waals surface area contributed by atoms with Gasteiger partial charge in [0, 0.05) is 18.4 Å². The number of carbonyl (C=O) groups is 1. The highest BCUT2D eigenvalue weighted by atomic mass is 79.9. The lowest BCUT2D eigenvalue weighted by atomic mass is 9.97. The Kier molecular flexibility index (Phi) is 6.36. The molecule has 1 saturated carbocycles. The number of hydrogen-bond donors (Lipinski definition) is 1. The molecule has 94 valence electrons. The van der Waals surface area contributed by atoms with E-state index in [4.69, 9.17) is 4.74 Å². The lowest BCUT2D eigenvalue weighted by Gasteiger charge is -2.21. The third kappa shape index (κ3) is 4.06. The molecule has 1 N–H and O–H groups in total. The largest absolute Gasteiger partial charge is 0.383 e. The first-order valence-electron chi connectivity index (χ1n) is 6.04. The molecule has 0 aliphatic heterocycles. The van der Waals surface area contributed by atoms with Gasteiger partial charge in [0.1, 0.15) is 0 Å². The maximum atomic E-state index is 12.0. The van der Waals surface area contributed by atoms with Crippen LogP contribution in [0.3, 0.4) is 0 Å². The predicted octanol–water partition coefficient (Wildman–Crippen LogP) is 2.34. The van der Waals surface area contributed by atoms with Gasteiger partial charge in [0.25, 0.3) is 0 Å². The molecule has 0 aromatic rings. The van der Waals surface area contributed by atoms with Crippen molar-refractivity contribution >= 4 is 21.8 Å². The van der Waals surface area contributed by atoms with Crippen molar-refractivity contribution in [1.82, 2.24) is 5.32 Å². The molecule has 0 radical (unpaired) electrons. The molecule has 3 atom stereocenters. The fourth-order valence-electron chi connectivity index (χ4n) is 2.37. The number of amides is 1. The summed E-state index contributed by atoms with van der Waals surface area (Å²) >= 11 is 3.40. The molecule has 0 aromatic heterocycles. The van der Waals surface area contributed by atoms with E-state index in [0.717, 1.165) is 18.2 Å². The zero-order valence-corrected chi connectivity index (χ0v) is 11.8. The van der Waals surface area contributed by atoms with Gasteiger partial charge < -0.3 is 10.1 Å². The van der Waals surface area contributed by atoms with Gasteiger partial charge in [-0.25, -0.2) is 0 Å². The summed E-state index contributed by atoms with van der Waals surface area (Å²) < 4.78 is 5.11. The Bertz CT molecular complexity index is 217. The van der Waals surface area contributed by atoms with Crippen LogP contribution in [0.5, 0.6) is 0 Å². The Hall–Kier alpha value is -0.0900. The molecule has 1 amide bonds. The zero-order valence-electron chi connectivity index (χ0n) is 10.2. The first kappa shape index (κ1) is 14.0.